The molecule has 5 rings (SSSR count). The van der Waals surface area contributed by atoms with Gasteiger partial charge in [0.1, 0.15) is 10.5 Å². The minimum absolute atomic E-state index is 0.0312. The van der Waals surface area contributed by atoms with Crippen molar-refractivity contribution in [3.8, 4) is 5.69 Å². The number of carboxylic acid groups (broad SMARTS) is 1. The van der Waals surface area contributed by atoms with Crippen molar-refractivity contribution in [2.24, 2.45) is 0 Å². The topological polar surface area (TPSA) is 130 Å². The van der Waals surface area contributed by atoms with Crippen LogP contribution in [-0.2, 0) is 16.4 Å². The van der Waals surface area contributed by atoms with Crippen molar-refractivity contribution in [2.45, 2.75) is 23.8 Å². The quantitative estimate of drug-likeness (QED) is 0.314. The van der Waals surface area contributed by atoms with Crippen molar-refractivity contribution in [1.82, 2.24) is 9.78 Å². The van der Waals surface area contributed by atoms with E-state index in [4.69, 9.17) is 11.6 Å². The number of nitrogens with zero attached hydrogens (tertiary/aromatic N) is 2. The number of hydrogen-bond acceptors (Lipinski definition) is 6. The predicted octanol–water partition coefficient (Wildman–Crippen LogP) is 4.63. The van der Waals surface area contributed by atoms with E-state index in [-0.39, 0.29) is 17.2 Å². The highest BCUT2D eigenvalue weighted by atomic mass is 35.5. The van der Waals surface area contributed by atoms with E-state index in [1.807, 2.05) is 30.3 Å². The second kappa shape index (κ2) is 9.72. The third-order valence-electron chi connectivity index (χ3n) is 6.08. The zero-order valence-corrected chi connectivity index (χ0v) is 20.8. The molecule has 1 aliphatic carbocycles. The fourth-order valence-electron chi connectivity index (χ4n) is 4.36. The molecule has 1 aliphatic rings. The maximum Gasteiger partial charge on any atom is 0.339 e. The molecule has 1 heterocycles. The molecule has 11 heteroatoms. The molecule has 1 aromatic heterocycles. The first-order valence-electron chi connectivity index (χ1n) is 11.3. The second-order valence-electron chi connectivity index (χ2n) is 8.45. The Bertz CT molecular complexity index is 1600. The smallest absolute Gasteiger partial charge is 0.339 e. The molecule has 188 valence electrons. The minimum atomic E-state index is -4.27. The Morgan fingerprint density at radius 1 is 1.03 bits per heavy atom. The number of nitrogens with one attached hydrogen (secondary N) is 2. The van der Waals surface area contributed by atoms with Crippen molar-refractivity contribution in [3.63, 3.8) is 0 Å². The number of hydrogen-bond donors (Lipinski definition) is 3. The summed E-state index contributed by atoms with van der Waals surface area (Å²) in [6.45, 7) is 0. The summed E-state index contributed by atoms with van der Waals surface area (Å²) in [5.74, 6) is -1.69. The fourth-order valence-corrected chi connectivity index (χ4v) is 5.77. The van der Waals surface area contributed by atoms with Crippen LogP contribution < -0.4 is 10.0 Å². The number of aromatic carboxylic acids is 1. The number of para-hydroxylation sites is 1. The van der Waals surface area contributed by atoms with Gasteiger partial charge in [-0.05, 0) is 61.4 Å². The number of benzene rings is 3. The van der Waals surface area contributed by atoms with Crippen LogP contribution in [-0.4, -0.2) is 41.1 Å². The lowest BCUT2D eigenvalue weighted by Crippen LogP contribution is -2.35. The monoisotopic (exact) mass is 536 g/mol. The highest BCUT2D eigenvalue weighted by Gasteiger charge is 2.33. The van der Waals surface area contributed by atoms with Gasteiger partial charge in [0, 0.05) is 10.7 Å². The largest absolute Gasteiger partial charge is 0.478 e. The SMILES string of the molecule is O=C(O)c1c(NC2CCc3c(cnn3-c3ccccc3)C2=O)cccc1S(=O)(=O)Nc1ccc(Cl)cc1. The zero-order valence-electron chi connectivity index (χ0n) is 19.3. The number of halogens is 1. The molecule has 0 bridgehead atoms. The number of rotatable bonds is 7. The van der Waals surface area contributed by atoms with Crippen LogP contribution in [0.2, 0.25) is 5.02 Å². The summed E-state index contributed by atoms with van der Waals surface area (Å²) in [4.78, 5) is 25.1. The third-order valence-corrected chi connectivity index (χ3v) is 7.75. The van der Waals surface area contributed by atoms with Crippen LogP contribution in [0.15, 0.2) is 83.9 Å². The molecule has 3 aromatic carbocycles. The fraction of sp³-hybridized carbons (Fsp3) is 0.115. The molecule has 0 aliphatic heterocycles. The van der Waals surface area contributed by atoms with Gasteiger partial charge in [-0.25, -0.2) is 17.9 Å². The molecule has 37 heavy (non-hydrogen) atoms. The van der Waals surface area contributed by atoms with Crippen LogP contribution in [0.25, 0.3) is 5.69 Å². The van der Waals surface area contributed by atoms with Gasteiger partial charge in [-0.3, -0.25) is 9.52 Å². The molecular weight excluding hydrogens is 516 g/mol. The highest BCUT2D eigenvalue weighted by molar-refractivity contribution is 7.92. The molecule has 9 nitrogen and oxygen atoms in total. The van der Waals surface area contributed by atoms with E-state index in [1.54, 1.807) is 4.68 Å². The van der Waals surface area contributed by atoms with E-state index in [2.05, 4.69) is 15.1 Å². The van der Waals surface area contributed by atoms with E-state index in [0.717, 1.165) is 11.4 Å². The predicted molar refractivity (Wildman–Crippen MR) is 139 cm³/mol. The first kappa shape index (κ1) is 24.5. The molecule has 4 aromatic rings. The summed E-state index contributed by atoms with van der Waals surface area (Å²) >= 11 is 5.86. The number of carboxylic acids is 1. The maximum atomic E-state index is 13.3. The van der Waals surface area contributed by atoms with Crippen molar-refractivity contribution in [3.05, 3.63) is 101 Å². The number of Topliss-reactive ketones (excluding diaryl/α,β-unsaturated/α-hetero) is 1. The maximum absolute atomic E-state index is 13.3. The Kier molecular flexibility index (Phi) is 6.45. The van der Waals surface area contributed by atoms with Gasteiger partial charge >= 0.3 is 5.97 Å². The molecule has 0 spiro atoms. The zero-order chi connectivity index (χ0) is 26.2. The van der Waals surface area contributed by atoms with E-state index in [9.17, 15) is 23.1 Å². The first-order chi connectivity index (χ1) is 17.7. The van der Waals surface area contributed by atoms with E-state index >= 15 is 0 Å². The molecular formula is C26H21ClN4O5S. The second-order valence-corrected chi connectivity index (χ2v) is 10.5. The molecule has 0 amide bonds. The lowest BCUT2D eigenvalue weighted by Gasteiger charge is -2.25. The molecule has 0 fully saturated rings. The average molecular weight is 537 g/mol. The van der Waals surface area contributed by atoms with Crippen molar-refractivity contribution in [2.75, 3.05) is 10.0 Å². The van der Waals surface area contributed by atoms with Gasteiger partial charge in [0.15, 0.2) is 5.78 Å². The summed E-state index contributed by atoms with van der Waals surface area (Å²) in [6, 6.07) is 18.7. The summed E-state index contributed by atoms with van der Waals surface area (Å²) in [5.41, 5.74) is 1.85. The standard InChI is InChI=1S/C26H21ClN4O5S/c27-16-9-11-17(12-10-16)30-37(35,36)23-8-4-7-20(24(23)26(33)34)29-21-13-14-22-19(25(21)32)15-28-31(22)18-5-2-1-3-6-18/h1-12,15,21,29-30H,13-14H2,(H,33,34). The summed E-state index contributed by atoms with van der Waals surface area (Å²) in [5, 5.41) is 17.7. The van der Waals surface area contributed by atoms with Crippen LogP contribution >= 0.6 is 11.6 Å². The molecule has 0 saturated carbocycles. The van der Waals surface area contributed by atoms with Crippen molar-refractivity contribution in [1.29, 1.82) is 0 Å². The minimum Gasteiger partial charge on any atom is -0.478 e. The van der Waals surface area contributed by atoms with Gasteiger partial charge in [-0.1, -0.05) is 35.9 Å². The number of carbonyl (C=O) groups is 2. The van der Waals surface area contributed by atoms with Gasteiger partial charge in [0.05, 0.1) is 34.9 Å². The van der Waals surface area contributed by atoms with Gasteiger partial charge in [-0.2, -0.15) is 5.10 Å². The Morgan fingerprint density at radius 3 is 2.46 bits per heavy atom. The number of carbonyl (C=O) groups excluding carboxylic acids is 1. The van der Waals surface area contributed by atoms with E-state index < -0.39 is 32.5 Å². The first-order valence-corrected chi connectivity index (χ1v) is 13.2. The number of sulfonamides is 1. The summed E-state index contributed by atoms with van der Waals surface area (Å²) < 4.78 is 30.3. The van der Waals surface area contributed by atoms with E-state index in [1.165, 1.54) is 48.7 Å². The Hall–Kier alpha value is -4.15. The van der Waals surface area contributed by atoms with Gasteiger partial charge in [-0.15, -0.1) is 0 Å². The number of aromatic nitrogens is 2. The highest BCUT2D eigenvalue weighted by Crippen LogP contribution is 2.30. The van der Waals surface area contributed by atoms with Gasteiger partial charge in [0.25, 0.3) is 10.0 Å². The molecule has 0 saturated heterocycles. The van der Waals surface area contributed by atoms with Crippen LogP contribution in [0, 0.1) is 0 Å². The van der Waals surface area contributed by atoms with Crippen LogP contribution in [0.1, 0.15) is 32.8 Å². The van der Waals surface area contributed by atoms with E-state index in [0.29, 0.717) is 23.4 Å². The lowest BCUT2D eigenvalue weighted by atomic mass is 9.91. The summed E-state index contributed by atoms with van der Waals surface area (Å²) in [6.07, 6.45) is 2.41. The van der Waals surface area contributed by atoms with Gasteiger partial charge in [0.2, 0.25) is 0 Å². The molecule has 3 N–H and O–H groups in total. The van der Waals surface area contributed by atoms with Crippen LogP contribution in [0.4, 0.5) is 11.4 Å². The third kappa shape index (κ3) is 4.81. The van der Waals surface area contributed by atoms with Crippen LogP contribution in [0.3, 0.4) is 0 Å². The van der Waals surface area contributed by atoms with Crippen molar-refractivity contribution < 1.29 is 23.1 Å². The Balaban J connectivity index is 1.44. The Labute approximate surface area is 217 Å². The molecule has 1 atom stereocenters. The normalized spacial score (nSPS) is 15.2. The number of ketones is 1. The number of fused-ring (bicyclic) bond motifs is 1. The summed E-state index contributed by atoms with van der Waals surface area (Å²) in [7, 11) is -4.27. The average Bonchev–Trinajstić information content (AvgIpc) is 3.32. The van der Waals surface area contributed by atoms with Gasteiger partial charge < -0.3 is 10.4 Å². The Morgan fingerprint density at radius 2 is 1.76 bits per heavy atom. The lowest BCUT2D eigenvalue weighted by molar-refractivity contribution is 0.0693. The van der Waals surface area contributed by atoms with Crippen LogP contribution in [0.5, 0.6) is 0 Å². The van der Waals surface area contributed by atoms with Crippen molar-refractivity contribution >= 4 is 44.8 Å². The number of anilines is 2. The molecule has 1 unspecified atom stereocenters. The molecule has 0 radical (unpaired) electrons.